The molecule has 0 aromatic carbocycles. The standard InChI is InChI=1S/C13H28N2O/c1-11(2)7-5-9-14-13(16)15-10-6-8-12(3)4/h11-12H,5-10H2,1-4H3,(H2,14,15,16). The van der Waals surface area contributed by atoms with Crippen LogP contribution in [0.15, 0.2) is 0 Å². The van der Waals surface area contributed by atoms with E-state index in [4.69, 9.17) is 0 Å². The van der Waals surface area contributed by atoms with E-state index in [0.29, 0.717) is 0 Å². The molecule has 96 valence electrons. The Morgan fingerprint density at radius 1 is 0.875 bits per heavy atom. The number of amides is 2. The Kier molecular flexibility index (Phi) is 9.06. The van der Waals surface area contributed by atoms with E-state index in [-0.39, 0.29) is 6.03 Å². The van der Waals surface area contributed by atoms with Crippen LogP contribution in [0, 0.1) is 11.8 Å². The molecule has 16 heavy (non-hydrogen) atoms. The van der Waals surface area contributed by atoms with Crippen molar-refractivity contribution in [2.45, 2.75) is 53.4 Å². The van der Waals surface area contributed by atoms with E-state index in [0.717, 1.165) is 37.8 Å². The Balaban J connectivity index is 3.25. The van der Waals surface area contributed by atoms with Gasteiger partial charge in [-0.05, 0) is 37.5 Å². The molecule has 0 saturated carbocycles. The second-order valence-electron chi connectivity index (χ2n) is 5.25. The smallest absolute Gasteiger partial charge is 0.314 e. The Morgan fingerprint density at radius 2 is 1.25 bits per heavy atom. The second kappa shape index (κ2) is 9.49. The lowest BCUT2D eigenvalue weighted by atomic mass is 10.1. The first-order valence-corrected chi connectivity index (χ1v) is 6.54. The first kappa shape index (κ1) is 15.3. The summed E-state index contributed by atoms with van der Waals surface area (Å²) in [7, 11) is 0. The molecule has 0 aliphatic heterocycles. The van der Waals surface area contributed by atoms with Gasteiger partial charge < -0.3 is 10.6 Å². The molecule has 3 heteroatoms. The van der Waals surface area contributed by atoms with Crippen molar-refractivity contribution in [1.82, 2.24) is 10.6 Å². The molecule has 0 fully saturated rings. The maximum absolute atomic E-state index is 11.3. The third-order valence-electron chi connectivity index (χ3n) is 2.49. The first-order chi connectivity index (χ1) is 7.52. The van der Waals surface area contributed by atoms with Gasteiger partial charge in [0.2, 0.25) is 0 Å². The molecule has 2 N–H and O–H groups in total. The SMILES string of the molecule is CC(C)CCCNC(=O)NCCCC(C)C. The minimum atomic E-state index is -0.0208. The van der Waals surface area contributed by atoms with Crippen LogP contribution in [0.5, 0.6) is 0 Å². The molecule has 0 radical (unpaired) electrons. The molecule has 0 unspecified atom stereocenters. The van der Waals surface area contributed by atoms with E-state index in [9.17, 15) is 4.79 Å². The molecule has 0 rings (SSSR count). The molecule has 0 saturated heterocycles. The molecular formula is C13H28N2O. The lowest BCUT2D eigenvalue weighted by molar-refractivity contribution is 0.240. The van der Waals surface area contributed by atoms with Gasteiger partial charge in [0.05, 0.1) is 0 Å². The summed E-state index contributed by atoms with van der Waals surface area (Å²) >= 11 is 0. The number of nitrogens with one attached hydrogen (secondary N) is 2. The first-order valence-electron chi connectivity index (χ1n) is 6.54. The normalized spacial score (nSPS) is 10.9. The van der Waals surface area contributed by atoms with Crippen molar-refractivity contribution in [2.24, 2.45) is 11.8 Å². The molecule has 0 aromatic rings. The third kappa shape index (κ3) is 11.3. The largest absolute Gasteiger partial charge is 0.338 e. The van der Waals surface area contributed by atoms with Crippen molar-refractivity contribution in [3.8, 4) is 0 Å². The quantitative estimate of drug-likeness (QED) is 0.616. The summed E-state index contributed by atoms with van der Waals surface area (Å²) in [5.41, 5.74) is 0. The van der Waals surface area contributed by atoms with Crippen LogP contribution in [-0.4, -0.2) is 19.1 Å². The van der Waals surface area contributed by atoms with E-state index in [1.54, 1.807) is 0 Å². The molecule has 0 aliphatic rings. The summed E-state index contributed by atoms with van der Waals surface area (Å²) < 4.78 is 0. The Hall–Kier alpha value is -0.730. The molecular weight excluding hydrogens is 200 g/mol. The molecule has 0 bridgehead atoms. The van der Waals surface area contributed by atoms with Crippen molar-refractivity contribution < 1.29 is 4.79 Å². The molecule has 2 amide bonds. The van der Waals surface area contributed by atoms with Crippen LogP contribution in [0.2, 0.25) is 0 Å². The summed E-state index contributed by atoms with van der Waals surface area (Å²) in [6.45, 7) is 10.4. The molecule has 0 spiro atoms. The average molecular weight is 228 g/mol. The molecule has 3 nitrogen and oxygen atoms in total. The molecule has 0 atom stereocenters. The van der Waals surface area contributed by atoms with Gasteiger partial charge in [-0.25, -0.2) is 4.79 Å². The van der Waals surface area contributed by atoms with Crippen molar-refractivity contribution in [1.29, 1.82) is 0 Å². The van der Waals surface area contributed by atoms with E-state index in [1.807, 2.05) is 0 Å². The number of carbonyl (C=O) groups is 1. The average Bonchev–Trinajstić information content (AvgIpc) is 2.19. The number of carbonyl (C=O) groups excluding carboxylic acids is 1. The highest BCUT2D eigenvalue weighted by Crippen LogP contribution is 2.02. The van der Waals surface area contributed by atoms with E-state index >= 15 is 0 Å². The minimum Gasteiger partial charge on any atom is -0.338 e. The monoisotopic (exact) mass is 228 g/mol. The number of rotatable bonds is 8. The highest BCUT2D eigenvalue weighted by Gasteiger charge is 2.00. The van der Waals surface area contributed by atoms with Crippen LogP contribution in [0.25, 0.3) is 0 Å². The maximum atomic E-state index is 11.3. The van der Waals surface area contributed by atoms with Crippen LogP contribution in [0.3, 0.4) is 0 Å². The van der Waals surface area contributed by atoms with Gasteiger partial charge in [-0.15, -0.1) is 0 Å². The van der Waals surface area contributed by atoms with E-state index in [1.165, 1.54) is 12.8 Å². The van der Waals surface area contributed by atoms with Gasteiger partial charge in [0.15, 0.2) is 0 Å². The van der Waals surface area contributed by atoms with Crippen LogP contribution in [0.1, 0.15) is 53.4 Å². The second-order valence-corrected chi connectivity index (χ2v) is 5.25. The predicted octanol–water partition coefficient (Wildman–Crippen LogP) is 3.16. The fourth-order valence-electron chi connectivity index (χ4n) is 1.49. The zero-order valence-corrected chi connectivity index (χ0v) is 11.3. The zero-order chi connectivity index (χ0) is 12.4. The Bertz CT molecular complexity index is 161. The van der Waals surface area contributed by atoms with Gasteiger partial charge in [-0.2, -0.15) is 0 Å². The van der Waals surface area contributed by atoms with Gasteiger partial charge in [-0.1, -0.05) is 27.7 Å². The van der Waals surface area contributed by atoms with Gasteiger partial charge in [0.25, 0.3) is 0 Å². The minimum absolute atomic E-state index is 0.0208. The maximum Gasteiger partial charge on any atom is 0.314 e. The van der Waals surface area contributed by atoms with Gasteiger partial charge in [0, 0.05) is 13.1 Å². The number of hydrogen-bond acceptors (Lipinski definition) is 1. The summed E-state index contributed by atoms with van der Waals surface area (Å²) in [5.74, 6) is 1.44. The van der Waals surface area contributed by atoms with Gasteiger partial charge in [-0.3, -0.25) is 0 Å². The molecule has 0 aliphatic carbocycles. The lowest BCUT2D eigenvalue weighted by Crippen LogP contribution is -2.36. The zero-order valence-electron chi connectivity index (χ0n) is 11.3. The van der Waals surface area contributed by atoms with E-state index < -0.39 is 0 Å². The van der Waals surface area contributed by atoms with Crippen molar-refractivity contribution in [3.05, 3.63) is 0 Å². The molecule has 0 aromatic heterocycles. The fraction of sp³-hybridized carbons (Fsp3) is 0.923. The Labute approximate surface area is 100 Å². The number of hydrogen-bond donors (Lipinski definition) is 2. The van der Waals surface area contributed by atoms with Crippen molar-refractivity contribution in [3.63, 3.8) is 0 Å². The van der Waals surface area contributed by atoms with Crippen molar-refractivity contribution >= 4 is 6.03 Å². The van der Waals surface area contributed by atoms with Gasteiger partial charge >= 0.3 is 6.03 Å². The highest BCUT2D eigenvalue weighted by molar-refractivity contribution is 5.73. The van der Waals surface area contributed by atoms with Crippen LogP contribution in [0.4, 0.5) is 4.79 Å². The van der Waals surface area contributed by atoms with Gasteiger partial charge in [0.1, 0.15) is 0 Å². The summed E-state index contributed by atoms with van der Waals surface area (Å²) in [4.78, 5) is 11.3. The van der Waals surface area contributed by atoms with Crippen LogP contribution >= 0.6 is 0 Å². The summed E-state index contributed by atoms with van der Waals surface area (Å²) in [6.07, 6.45) is 4.48. The van der Waals surface area contributed by atoms with E-state index in [2.05, 4.69) is 38.3 Å². The third-order valence-corrected chi connectivity index (χ3v) is 2.49. The predicted molar refractivity (Wildman–Crippen MR) is 69.5 cm³/mol. The topological polar surface area (TPSA) is 41.1 Å². The molecule has 0 heterocycles. The van der Waals surface area contributed by atoms with Crippen LogP contribution in [-0.2, 0) is 0 Å². The summed E-state index contributed by atoms with van der Waals surface area (Å²) in [6, 6.07) is -0.0208. The summed E-state index contributed by atoms with van der Waals surface area (Å²) in [5, 5.41) is 5.75. The van der Waals surface area contributed by atoms with Crippen molar-refractivity contribution in [2.75, 3.05) is 13.1 Å². The fourth-order valence-corrected chi connectivity index (χ4v) is 1.49. The number of urea groups is 1. The Morgan fingerprint density at radius 3 is 1.56 bits per heavy atom. The lowest BCUT2D eigenvalue weighted by Gasteiger charge is -2.09. The van der Waals surface area contributed by atoms with Crippen LogP contribution < -0.4 is 10.6 Å². The highest BCUT2D eigenvalue weighted by atomic mass is 16.2.